The van der Waals surface area contributed by atoms with Crippen molar-refractivity contribution in [2.75, 3.05) is 0 Å². The summed E-state index contributed by atoms with van der Waals surface area (Å²) in [6.07, 6.45) is 2.91. The fourth-order valence-corrected chi connectivity index (χ4v) is 4.43. The maximum absolute atomic E-state index is 13.2. The number of hydrogen-bond acceptors (Lipinski definition) is 7. The standard InChI is InChI=1S/C27H16N2O7/c30-23(15-5-7-19-21(11-15)26(33)28(24(19)31)13-17-3-1-9-35-17)16-6-8-20-22(12-16)27(34)29(25(20)32)14-18-4-2-10-36-18/h1-12H,13-14H2. The summed E-state index contributed by atoms with van der Waals surface area (Å²) >= 11 is 0. The quantitative estimate of drug-likeness (QED) is 0.305. The number of fused-ring (bicyclic) bond motifs is 2. The van der Waals surface area contributed by atoms with Crippen LogP contribution in [-0.2, 0) is 13.1 Å². The van der Waals surface area contributed by atoms with Gasteiger partial charge in [-0.3, -0.25) is 33.8 Å². The molecule has 0 N–H and O–H groups in total. The van der Waals surface area contributed by atoms with Crippen molar-refractivity contribution in [1.29, 1.82) is 0 Å². The van der Waals surface area contributed by atoms with E-state index in [1.807, 2.05) is 0 Å². The first-order chi connectivity index (χ1) is 17.4. The first kappa shape index (κ1) is 21.5. The first-order valence-corrected chi connectivity index (χ1v) is 11.0. The van der Waals surface area contributed by atoms with Crippen molar-refractivity contribution in [3.63, 3.8) is 0 Å². The Bertz CT molecular complexity index is 1460. The summed E-state index contributed by atoms with van der Waals surface area (Å²) in [5.41, 5.74) is 1.000. The molecule has 2 aromatic heterocycles. The number of rotatable bonds is 6. The van der Waals surface area contributed by atoms with E-state index in [0.29, 0.717) is 11.5 Å². The van der Waals surface area contributed by atoms with Crippen molar-refractivity contribution in [3.8, 4) is 0 Å². The number of ketones is 1. The van der Waals surface area contributed by atoms with E-state index < -0.39 is 29.4 Å². The summed E-state index contributed by atoms with van der Waals surface area (Å²) < 4.78 is 10.5. The summed E-state index contributed by atoms with van der Waals surface area (Å²) in [6.45, 7) is -0.0316. The second kappa shape index (κ2) is 8.02. The average Bonchev–Trinajstić information content (AvgIpc) is 3.68. The molecule has 2 aliphatic heterocycles. The zero-order valence-corrected chi connectivity index (χ0v) is 18.6. The molecule has 4 amide bonds. The molecule has 0 saturated carbocycles. The Morgan fingerprint density at radius 3 is 1.39 bits per heavy atom. The molecule has 9 heteroatoms. The van der Waals surface area contributed by atoms with E-state index in [1.54, 1.807) is 24.3 Å². The van der Waals surface area contributed by atoms with Crippen LogP contribution in [0.4, 0.5) is 0 Å². The third kappa shape index (κ3) is 3.29. The number of furan rings is 2. The van der Waals surface area contributed by atoms with Crippen LogP contribution >= 0.6 is 0 Å². The molecule has 9 nitrogen and oxygen atoms in total. The molecule has 36 heavy (non-hydrogen) atoms. The predicted molar refractivity (Wildman–Crippen MR) is 122 cm³/mol. The third-order valence-corrected chi connectivity index (χ3v) is 6.25. The van der Waals surface area contributed by atoms with Gasteiger partial charge in [-0.25, -0.2) is 0 Å². The molecule has 4 heterocycles. The van der Waals surface area contributed by atoms with E-state index in [9.17, 15) is 24.0 Å². The maximum atomic E-state index is 13.2. The highest BCUT2D eigenvalue weighted by molar-refractivity contribution is 6.24. The molecule has 0 aliphatic carbocycles. The second-order valence-electron chi connectivity index (χ2n) is 8.40. The van der Waals surface area contributed by atoms with Crippen molar-refractivity contribution in [1.82, 2.24) is 9.80 Å². The number of benzene rings is 2. The minimum absolute atomic E-state index is 0.0158. The van der Waals surface area contributed by atoms with Crippen LogP contribution in [0.2, 0.25) is 0 Å². The van der Waals surface area contributed by atoms with E-state index >= 15 is 0 Å². The minimum Gasteiger partial charge on any atom is -0.467 e. The highest BCUT2D eigenvalue weighted by Crippen LogP contribution is 2.29. The minimum atomic E-state index is -0.524. The van der Waals surface area contributed by atoms with Gasteiger partial charge in [0, 0.05) is 11.1 Å². The Hall–Kier alpha value is -5.05. The van der Waals surface area contributed by atoms with E-state index in [0.717, 1.165) is 9.80 Å². The molecule has 4 aromatic rings. The summed E-state index contributed by atoms with van der Waals surface area (Å²) in [7, 11) is 0. The maximum Gasteiger partial charge on any atom is 0.261 e. The fraction of sp³-hybridized carbons (Fsp3) is 0.0741. The Labute approximate surface area is 203 Å². The Morgan fingerprint density at radius 2 is 1.00 bits per heavy atom. The molecular weight excluding hydrogens is 464 g/mol. The van der Waals surface area contributed by atoms with Crippen molar-refractivity contribution in [2.45, 2.75) is 13.1 Å². The van der Waals surface area contributed by atoms with Crippen LogP contribution in [0.15, 0.2) is 82.0 Å². The molecule has 0 radical (unpaired) electrons. The zero-order chi connectivity index (χ0) is 25.0. The van der Waals surface area contributed by atoms with Gasteiger partial charge < -0.3 is 8.83 Å². The SMILES string of the molecule is O=C(c1ccc2c(c1)C(=O)N(Cc1ccco1)C2=O)c1ccc2c(c1)C(=O)N(Cc1ccco1)C2=O. The average molecular weight is 480 g/mol. The van der Waals surface area contributed by atoms with E-state index in [1.165, 1.54) is 48.9 Å². The van der Waals surface area contributed by atoms with Crippen LogP contribution in [0.1, 0.15) is 68.9 Å². The van der Waals surface area contributed by atoms with E-state index in [-0.39, 0.29) is 46.5 Å². The molecule has 6 rings (SSSR count). The summed E-state index contributed by atoms with van der Waals surface area (Å²) in [4.78, 5) is 66.6. The lowest BCUT2D eigenvalue weighted by Gasteiger charge is -2.11. The highest BCUT2D eigenvalue weighted by Gasteiger charge is 2.38. The van der Waals surface area contributed by atoms with Crippen molar-refractivity contribution < 1.29 is 32.8 Å². The number of carbonyl (C=O) groups excluding carboxylic acids is 5. The molecule has 0 spiro atoms. The molecule has 0 unspecified atom stereocenters. The number of carbonyl (C=O) groups is 5. The molecule has 0 saturated heterocycles. The lowest BCUT2D eigenvalue weighted by Crippen LogP contribution is -2.28. The second-order valence-corrected chi connectivity index (χ2v) is 8.40. The Kier molecular flexibility index (Phi) is 4.78. The fourth-order valence-electron chi connectivity index (χ4n) is 4.43. The number of hydrogen-bond donors (Lipinski definition) is 0. The third-order valence-electron chi connectivity index (χ3n) is 6.25. The first-order valence-electron chi connectivity index (χ1n) is 11.0. The van der Waals surface area contributed by atoms with Crippen LogP contribution < -0.4 is 0 Å². The topological polar surface area (TPSA) is 118 Å². The number of amides is 4. The largest absolute Gasteiger partial charge is 0.467 e. The van der Waals surface area contributed by atoms with Crippen LogP contribution in [0.3, 0.4) is 0 Å². The zero-order valence-electron chi connectivity index (χ0n) is 18.6. The smallest absolute Gasteiger partial charge is 0.261 e. The number of nitrogens with zero attached hydrogens (tertiary/aromatic N) is 2. The molecule has 0 fully saturated rings. The Morgan fingerprint density at radius 1 is 0.583 bits per heavy atom. The molecule has 176 valence electrons. The van der Waals surface area contributed by atoms with Crippen molar-refractivity contribution in [3.05, 3.63) is 118 Å². The number of imide groups is 2. The van der Waals surface area contributed by atoms with Gasteiger partial charge in [0.2, 0.25) is 0 Å². The molecule has 2 aliphatic rings. The van der Waals surface area contributed by atoms with Gasteiger partial charge in [-0.05, 0) is 48.5 Å². The van der Waals surface area contributed by atoms with Gasteiger partial charge in [0.25, 0.3) is 23.6 Å². The lowest BCUT2D eigenvalue weighted by molar-refractivity contribution is 0.0617. The van der Waals surface area contributed by atoms with Crippen LogP contribution in [0, 0.1) is 0 Å². The predicted octanol–water partition coefficient (Wildman–Crippen LogP) is 3.70. The lowest BCUT2D eigenvalue weighted by atomic mass is 9.96. The molecule has 0 atom stereocenters. The van der Waals surface area contributed by atoms with Gasteiger partial charge in [-0.15, -0.1) is 0 Å². The van der Waals surface area contributed by atoms with Crippen LogP contribution in [-0.4, -0.2) is 39.2 Å². The highest BCUT2D eigenvalue weighted by atomic mass is 16.3. The normalized spacial score (nSPS) is 14.6. The van der Waals surface area contributed by atoms with E-state index in [4.69, 9.17) is 8.83 Å². The van der Waals surface area contributed by atoms with Crippen molar-refractivity contribution >= 4 is 29.4 Å². The van der Waals surface area contributed by atoms with Gasteiger partial charge >= 0.3 is 0 Å². The van der Waals surface area contributed by atoms with Gasteiger partial charge in [-0.1, -0.05) is 12.1 Å². The summed E-state index contributed by atoms with van der Waals surface area (Å²) in [6, 6.07) is 15.2. The monoisotopic (exact) mass is 480 g/mol. The van der Waals surface area contributed by atoms with Gasteiger partial charge in [0.15, 0.2) is 5.78 Å². The van der Waals surface area contributed by atoms with Crippen molar-refractivity contribution in [2.24, 2.45) is 0 Å². The summed E-state index contributed by atoms with van der Waals surface area (Å²) in [5.74, 6) is -1.52. The van der Waals surface area contributed by atoms with Gasteiger partial charge in [0.1, 0.15) is 11.5 Å². The Balaban J connectivity index is 1.27. The van der Waals surface area contributed by atoms with Crippen LogP contribution in [0.25, 0.3) is 0 Å². The molecule has 0 bridgehead atoms. The van der Waals surface area contributed by atoms with E-state index in [2.05, 4.69) is 0 Å². The molecule has 2 aromatic carbocycles. The van der Waals surface area contributed by atoms with Gasteiger partial charge in [-0.2, -0.15) is 0 Å². The summed E-state index contributed by atoms with van der Waals surface area (Å²) in [5, 5.41) is 0. The van der Waals surface area contributed by atoms with Crippen LogP contribution in [0.5, 0.6) is 0 Å². The molecular formula is C27H16N2O7. The van der Waals surface area contributed by atoms with Gasteiger partial charge in [0.05, 0.1) is 47.9 Å².